The third-order valence-corrected chi connectivity index (χ3v) is 7.29. The van der Waals surface area contributed by atoms with E-state index in [-0.39, 0.29) is 29.9 Å². The zero-order valence-corrected chi connectivity index (χ0v) is 20.7. The minimum absolute atomic E-state index is 0.138. The molecule has 0 atom stereocenters. The summed E-state index contributed by atoms with van der Waals surface area (Å²) in [6, 6.07) is 34.5. The molecular formula is C36H24N2O. The topological polar surface area (TPSA) is 30.1 Å². The maximum atomic E-state index is 8.67. The summed E-state index contributed by atoms with van der Waals surface area (Å²) in [6.45, 7) is 0. The number of rotatable bonds is 4. The predicted octanol–water partition coefficient (Wildman–Crippen LogP) is 10.1. The third-order valence-electron chi connectivity index (χ3n) is 7.29. The van der Waals surface area contributed by atoms with Gasteiger partial charge in [-0.15, -0.1) is 0 Å². The van der Waals surface area contributed by atoms with Gasteiger partial charge >= 0.3 is 0 Å². The highest BCUT2D eigenvalue weighted by molar-refractivity contribution is 6.11. The van der Waals surface area contributed by atoms with Crippen LogP contribution in [0, 0.1) is 0 Å². The zero-order valence-electron chi connectivity index (χ0n) is 25.7. The summed E-state index contributed by atoms with van der Waals surface area (Å²) in [7, 11) is 0. The van der Waals surface area contributed by atoms with Gasteiger partial charge in [0.2, 0.25) is 0 Å². The molecule has 2 aromatic heterocycles. The van der Waals surface area contributed by atoms with E-state index in [0.717, 1.165) is 66.2 Å². The second-order valence-electron chi connectivity index (χ2n) is 9.54. The molecule has 39 heavy (non-hydrogen) atoms. The molecule has 184 valence electrons. The number of nitrogens with zero attached hydrogens (tertiary/aromatic N) is 1. The Kier molecular flexibility index (Phi) is 3.83. The van der Waals surface area contributed by atoms with Crippen LogP contribution in [0.25, 0.3) is 60.6 Å². The van der Waals surface area contributed by atoms with E-state index in [2.05, 4.69) is 23.5 Å². The fourth-order valence-electron chi connectivity index (χ4n) is 5.49. The second kappa shape index (κ2) is 8.64. The molecule has 0 spiro atoms. The van der Waals surface area contributed by atoms with Crippen LogP contribution in [0.15, 0.2) is 144 Å². The predicted molar refractivity (Wildman–Crippen MR) is 163 cm³/mol. The van der Waals surface area contributed by atoms with Crippen molar-refractivity contribution in [3.8, 4) is 16.8 Å². The standard InChI is InChI=1S/C36H24N2O/c1-2-9-27(10-3-1)38-33-15-6-4-11-28(33)29-22-19-25(23-34(29)38)24-17-20-26(21-18-24)37-32-14-8-13-31-30-12-5-7-16-35(30)39-36(31)32/h1-23,37H/i1D,2D,3D,9D,10D. The van der Waals surface area contributed by atoms with Crippen LogP contribution in [0.2, 0.25) is 0 Å². The van der Waals surface area contributed by atoms with Crippen LogP contribution >= 0.6 is 0 Å². The van der Waals surface area contributed by atoms with Gasteiger partial charge in [-0.2, -0.15) is 0 Å². The molecule has 2 heterocycles. The van der Waals surface area contributed by atoms with E-state index in [9.17, 15) is 0 Å². The summed E-state index contributed by atoms with van der Waals surface area (Å²) in [5.41, 5.74) is 7.06. The van der Waals surface area contributed by atoms with E-state index < -0.39 is 6.04 Å². The van der Waals surface area contributed by atoms with Crippen molar-refractivity contribution in [1.82, 2.24) is 4.57 Å². The van der Waals surface area contributed by atoms with Crippen molar-refractivity contribution >= 4 is 55.1 Å². The maximum absolute atomic E-state index is 8.67. The van der Waals surface area contributed by atoms with Crippen LogP contribution in [0.3, 0.4) is 0 Å². The van der Waals surface area contributed by atoms with Crippen molar-refractivity contribution in [1.29, 1.82) is 0 Å². The van der Waals surface area contributed by atoms with Gasteiger partial charge in [-0.25, -0.2) is 0 Å². The van der Waals surface area contributed by atoms with Crippen molar-refractivity contribution in [2.24, 2.45) is 0 Å². The number of fused-ring (bicyclic) bond motifs is 6. The molecule has 3 heteroatoms. The molecular weight excluding hydrogens is 476 g/mol. The fourth-order valence-corrected chi connectivity index (χ4v) is 5.49. The normalized spacial score (nSPS) is 13.4. The van der Waals surface area contributed by atoms with E-state index >= 15 is 0 Å². The van der Waals surface area contributed by atoms with Gasteiger partial charge in [-0.1, -0.05) is 90.9 Å². The molecule has 0 saturated heterocycles. The van der Waals surface area contributed by atoms with Crippen molar-refractivity contribution in [3.63, 3.8) is 0 Å². The average molecular weight is 506 g/mol. The summed E-state index contributed by atoms with van der Waals surface area (Å²) in [6.07, 6.45) is 0. The van der Waals surface area contributed by atoms with Crippen LogP contribution in [0.1, 0.15) is 6.85 Å². The smallest absolute Gasteiger partial charge is 0.158 e. The van der Waals surface area contributed by atoms with Gasteiger partial charge in [-0.3, -0.25) is 0 Å². The van der Waals surface area contributed by atoms with Gasteiger partial charge in [0.15, 0.2) is 5.58 Å². The first-order valence-corrected chi connectivity index (χ1v) is 12.8. The van der Waals surface area contributed by atoms with Crippen LogP contribution < -0.4 is 5.32 Å². The lowest BCUT2D eigenvalue weighted by atomic mass is 10.0. The quantitative estimate of drug-likeness (QED) is 0.258. The van der Waals surface area contributed by atoms with Crippen LogP contribution in [0.5, 0.6) is 0 Å². The molecule has 0 aliphatic rings. The number of hydrogen-bond donors (Lipinski definition) is 1. The number of nitrogens with one attached hydrogen (secondary N) is 1. The largest absolute Gasteiger partial charge is 0.454 e. The summed E-state index contributed by atoms with van der Waals surface area (Å²) >= 11 is 0. The van der Waals surface area contributed by atoms with Crippen molar-refractivity contribution in [2.45, 2.75) is 0 Å². The van der Waals surface area contributed by atoms with Crippen LogP contribution in [-0.4, -0.2) is 4.57 Å². The number of para-hydroxylation sites is 4. The Morgan fingerprint density at radius 3 is 2.18 bits per heavy atom. The highest BCUT2D eigenvalue weighted by Gasteiger charge is 2.14. The lowest BCUT2D eigenvalue weighted by molar-refractivity contribution is 0.670. The number of benzene rings is 6. The molecule has 6 aromatic carbocycles. The summed E-state index contributed by atoms with van der Waals surface area (Å²) < 4.78 is 49.9. The molecule has 0 radical (unpaired) electrons. The van der Waals surface area contributed by atoms with Gasteiger partial charge in [0.25, 0.3) is 0 Å². The molecule has 8 aromatic rings. The van der Waals surface area contributed by atoms with Crippen molar-refractivity contribution < 1.29 is 11.3 Å². The summed E-state index contributed by atoms with van der Waals surface area (Å²) in [5.74, 6) is 0. The summed E-state index contributed by atoms with van der Waals surface area (Å²) in [4.78, 5) is 0. The Morgan fingerprint density at radius 1 is 0.590 bits per heavy atom. The van der Waals surface area contributed by atoms with Gasteiger partial charge in [-0.05, 0) is 59.6 Å². The zero-order chi connectivity index (χ0) is 30.1. The second-order valence-corrected chi connectivity index (χ2v) is 9.54. The number of anilines is 2. The molecule has 0 aliphatic carbocycles. The first-order valence-electron chi connectivity index (χ1n) is 15.3. The van der Waals surface area contributed by atoms with Gasteiger partial charge in [0.1, 0.15) is 5.58 Å². The number of aromatic nitrogens is 1. The maximum Gasteiger partial charge on any atom is 0.158 e. The first-order chi connectivity index (χ1) is 21.4. The Morgan fingerprint density at radius 2 is 1.31 bits per heavy atom. The Bertz CT molecular complexity index is 2400. The molecule has 0 aliphatic heterocycles. The Hall–Kier alpha value is -5.28. The molecule has 0 amide bonds. The number of furan rings is 1. The highest BCUT2D eigenvalue weighted by Crippen LogP contribution is 2.37. The SMILES string of the molecule is [2H]c1c([2H])c([2H])c(-n2c3ccccc3c3ccc(-c4ccc(Nc5cccc6c5oc5ccccc56)cc4)cc32)c([2H])c1[2H]. The van der Waals surface area contributed by atoms with E-state index in [1.54, 1.807) is 4.57 Å². The minimum atomic E-state index is -0.407. The van der Waals surface area contributed by atoms with Crippen LogP contribution in [0.4, 0.5) is 11.4 Å². The van der Waals surface area contributed by atoms with Crippen molar-refractivity contribution in [2.75, 3.05) is 5.32 Å². The lowest BCUT2D eigenvalue weighted by Gasteiger charge is -2.10. The molecule has 0 unspecified atom stereocenters. The minimum Gasteiger partial charge on any atom is -0.454 e. The molecule has 0 bridgehead atoms. The van der Waals surface area contributed by atoms with Crippen molar-refractivity contribution in [3.05, 3.63) is 139 Å². The fraction of sp³-hybridized carbons (Fsp3) is 0. The van der Waals surface area contributed by atoms with E-state index in [1.165, 1.54) is 0 Å². The molecule has 0 fully saturated rings. The molecule has 3 nitrogen and oxygen atoms in total. The Balaban J connectivity index is 1.22. The van der Waals surface area contributed by atoms with E-state index in [1.807, 2.05) is 91.0 Å². The molecule has 8 rings (SSSR count). The monoisotopic (exact) mass is 505 g/mol. The van der Waals surface area contributed by atoms with Gasteiger partial charge in [0, 0.05) is 32.9 Å². The average Bonchev–Trinajstić information content (AvgIpc) is 3.60. The van der Waals surface area contributed by atoms with E-state index in [4.69, 9.17) is 11.3 Å². The first kappa shape index (κ1) is 17.3. The number of hydrogen-bond acceptors (Lipinski definition) is 2. The highest BCUT2D eigenvalue weighted by atomic mass is 16.3. The molecule has 1 N–H and O–H groups in total. The lowest BCUT2D eigenvalue weighted by Crippen LogP contribution is -1.93. The molecule has 0 saturated carbocycles. The van der Waals surface area contributed by atoms with Crippen LogP contribution in [-0.2, 0) is 0 Å². The van der Waals surface area contributed by atoms with E-state index in [0.29, 0.717) is 0 Å². The third kappa shape index (κ3) is 3.52. The van der Waals surface area contributed by atoms with Gasteiger partial charge < -0.3 is 14.3 Å². The summed E-state index contributed by atoms with van der Waals surface area (Å²) in [5, 5.41) is 7.53. The Labute approximate surface area is 232 Å². The van der Waals surface area contributed by atoms with Gasteiger partial charge in [0.05, 0.1) is 23.6 Å².